The van der Waals surface area contributed by atoms with Crippen molar-refractivity contribution < 1.29 is 19.1 Å². The maximum Gasteiger partial charge on any atom is 0.240 e. The molecule has 3 aromatic carbocycles. The Morgan fingerprint density at radius 2 is 1.74 bits per heavy atom. The van der Waals surface area contributed by atoms with Crippen molar-refractivity contribution >= 4 is 39.3 Å². The molecule has 0 saturated carbocycles. The van der Waals surface area contributed by atoms with Gasteiger partial charge in [-0.15, -0.1) is 0 Å². The predicted molar refractivity (Wildman–Crippen MR) is 139 cm³/mol. The molecule has 38 heavy (non-hydrogen) atoms. The molecule has 4 aromatic rings. The Bertz CT molecular complexity index is 1700. The van der Waals surface area contributed by atoms with Crippen LogP contribution in [0.3, 0.4) is 0 Å². The first-order valence-electron chi connectivity index (χ1n) is 12.8. The molecule has 0 unspecified atom stereocenters. The molecule has 4 atom stereocenters. The van der Waals surface area contributed by atoms with Gasteiger partial charge in [0.05, 0.1) is 64.2 Å². The maximum absolute atomic E-state index is 14.0. The van der Waals surface area contributed by atoms with Gasteiger partial charge in [0.1, 0.15) is 0 Å². The molecule has 0 radical (unpaired) electrons. The van der Waals surface area contributed by atoms with Gasteiger partial charge >= 0.3 is 0 Å². The van der Waals surface area contributed by atoms with Crippen LogP contribution in [0, 0.1) is 23.2 Å². The van der Waals surface area contributed by atoms with Crippen LogP contribution >= 0.6 is 0 Å². The van der Waals surface area contributed by atoms with Gasteiger partial charge in [-0.25, -0.2) is 14.9 Å². The predicted octanol–water partition coefficient (Wildman–Crippen LogP) is 4.55. The summed E-state index contributed by atoms with van der Waals surface area (Å²) in [5.74, 6) is -1.22. The molecule has 8 nitrogen and oxygen atoms in total. The van der Waals surface area contributed by atoms with Gasteiger partial charge in [0.25, 0.3) is 0 Å². The molecule has 3 aliphatic heterocycles. The van der Waals surface area contributed by atoms with E-state index in [0.717, 1.165) is 16.4 Å². The largest absolute Gasteiger partial charge is 0.476 e. The number of fused-ring (bicyclic) bond motifs is 7. The zero-order chi connectivity index (χ0) is 26.1. The quantitative estimate of drug-likeness (QED) is 0.367. The average molecular weight is 505 g/mol. The van der Waals surface area contributed by atoms with E-state index < -0.39 is 23.0 Å². The number of benzene rings is 3. The minimum absolute atomic E-state index is 0.236. The van der Waals surface area contributed by atoms with Gasteiger partial charge in [-0.05, 0) is 44.0 Å². The van der Waals surface area contributed by atoms with Crippen LogP contribution in [0.2, 0.25) is 0 Å². The second-order valence-corrected chi connectivity index (χ2v) is 10.5. The number of aromatic nitrogens is 2. The van der Waals surface area contributed by atoms with Crippen molar-refractivity contribution in [3.8, 4) is 11.9 Å². The fourth-order valence-electron chi connectivity index (χ4n) is 6.76. The third-order valence-corrected chi connectivity index (χ3v) is 8.48. The van der Waals surface area contributed by atoms with Gasteiger partial charge in [0.15, 0.2) is 0 Å². The first-order chi connectivity index (χ1) is 18.4. The lowest BCUT2D eigenvalue weighted by atomic mass is 9.67. The highest BCUT2D eigenvalue weighted by molar-refractivity contribution is 6.26. The fraction of sp³-hybridized carbons (Fsp3) is 0.300. The summed E-state index contributed by atoms with van der Waals surface area (Å²) in [7, 11) is 0. The molecule has 2 bridgehead atoms. The van der Waals surface area contributed by atoms with Crippen molar-refractivity contribution in [3.05, 3.63) is 72.4 Å². The first kappa shape index (κ1) is 22.8. The highest BCUT2D eigenvalue weighted by Gasteiger charge is 2.73. The third kappa shape index (κ3) is 3.12. The second kappa shape index (κ2) is 8.07. The SMILES string of the molecule is C[C@]12CC[C@](CCOc3cnc4ccccc4n3)(O1)[C@@H]1C(=O)N(c3ccc(C#N)c4ccccc34)C(=O)[C@@H]12. The Hall–Kier alpha value is -4.35. The normalized spacial score (nSPS) is 27.7. The van der Waals surface area contributed by atoms with Gasteiger partial charge in [-0.2, -0.15) is 5.26 Å². The number of rotatable bonds is 5. The number of carbonyl (C=O) groups is 2. The van der Waals surface area contributed by atoms with E-state index in [1.807, 2.05) is 55.5 Å². The smallest absolute Gasteiger partial charge is 0.240 e. The summed E-state index contributed by atoms with van der Waals surface area (Å²) in [5, 5.41) is 11.0. The molecule has 2 amide bonds. The second-order valence-electron chi connectivity index (χ2n) is 10.5. The number of amides is 2. The van der Waals surface area contributed by atoms with Crippen molar-refractivity contribution in [1.82, 2.24) is 9.97 Å². The van der Waals surface area contributed by atoms with Gasteiger partial charge in [0, 0.05) is 17.2 Å². The summed E-state index contributed by atoms with van der Waals surface area (Å²) in [6.07, 6.45) is 3.43. The third-order valence-electron chi connectivity index (χ3n) is 8.48. The Morgan fingerprint density at radius 1 is 1.00 bits per heavy atom. The summed E-state index contributed by atoms with van der Waals surface area (Å²) >= 11 is 0. The van der Waals surface area contributed by atoms with E-state index in [4.69, 9.17) is 9.47 Å². The van der Waals surface area contributed by atoms with E-state index in [1.165, 1.54) is 4.90 Å². The summed E-state index contributed by atoms with van der Waals surface area (Å²) in [6.45, 7) is 2.23. The highest BCUT2D eigenvalue weighted by atomic mass is 16.5. The number of nitriles is 1. The molecule has 0 spiro atoms. The molecule has 4 heterocycles. The van der Waals surface area contributed by atoms with Crippen molar-refractivity contribution in [3.63, 3.8) is 0 Å². The number of imide groups is 1. The van der Waals surface area contributed by atoms with Crippen LogP contribution in [-0.2, 0) is 14.3 Å². The van der Waals surface area contributed by atoms with Crippen LogP contribution in [0.1, 0.15) is 31.7 Å². The van der Waals surface area contributed by atoms with Crippen LogP contribution in [0.15, 0.2) is 66.9 Å². The van der Waals surface area contributed by atoms with E-state index in [-0.39, 0.29) is 18.4 Å². The molecule has 8 heteroatoms. The fourth-order valence-corrected chi connectivity index (χ4v) is 6.76. The Labute approximate surface area is 218 Å². The summed E-state index contributed by atoms with van der Waals surface area (Å²) in [6, 6.07) is 20.5. The van der Waals surface area contributed by atoms with Gasteiger partial charge in [0.2, 0.25) is 17.7 Å². The van der Waals surface area contributed by atoms with Crippen molar-refractivity contribution in [2.24, 2.45) is 11.8 Å². The van der Waals surface area contributed by atoms with Crippen LogP contribution < -0.4 is 9.64 Å². The zero-order valence-electron chi connectivity index (χ0n) is 20.8. The van der Waals surface area contributed by atoms with Crippen LogP contribution in [0.25, 0.3) is 21.8 Å². The maximum atomic E-state index is 14.0. The number of hydrogen-bond acceptors (Lipinski definition) is 7. The van der Waals surface area contributed by atoms with E-state index >= 15 is 0 Å². The highest BCUT2D eigenvalue weighted by Crippen LogP contribution is 2.62. The number of ether oxygens (including phenoxy) is 2. The molecule has 3 aliphatic rings. The standard InChI is InChI=1S/C30H24N4O4/c1-29-12-13-30(38-29,14-15-37-24-17-32-21-8-4-5-9-22(21)33-24)26-25(29)27(35)34(28(26)36)23-11-10-18(16-31)19-6-2-3-7-20(19)23/h2-11,17,25-26H,12-15H2,1H3/t25-,26+,29-,30-/m1/s1. The van der Waals surface area contributed by atoms with Crippen LogP contribution in [0.4, 0.5) is 5.69 Å². The average Bonchev–Trinajstić information content (AvgIpc) is 3.52. The molecule has 0 N–H and O–H groups in total. The summed E-state index contributed by atoms with van der Waals surface area (Å²) in [4.78, 5) is 38.1. The van der Waals surface area contributed by atoms with Gasteiger partial charge in [-0.1, -0.05) is 36.4 Å². The van der Waals surface area contributed by atoms with E-state index in [9.17, 15) is 14.9 Å². The zero-order valence-corrected chi connectivity index (χ0v) is 20.8. The minimum atomic E-state index is -0.784. The minimum Gasteiger partial charge on any atom is -0.476 e. The van der Waals surface area contributed by atoms with E-state index in [1.54, 1.807) is 18.3 Å². The first-order valence-corrected chi connectivity index (χ1v) is 12.8. The molecule has 7 rings (SSSR count). The lowest BCUT2D eigenvalue weighted by Crippen LogP contribution is -2.43. The molecular weight excluding hydrogens is 480 g/mol. The van der Waals surface area contributed by atoms with Crippen LogP contribution in [0.5, 0.6) is 5.88 Å². The Morgan fingerprint density at radius 3 is 2.55 bits per heavy atom. The van der Waals surface area contributed by atoms with Crippen molar-refractivity contribution in [1.29, 1.82) is 5.26 Å². The molecule has 3 saturated heterocycles. The van der Waals surface area contributed by atoms with E-state index in [2.05, 4.69) is 16.0 Å². The summed E-state index contributed by atoms with van der Waals surface area (Å²) < 4.78 is 12.5. The molecule has 188 valence electrons. The lowest BCUT2D eigenvalue weighted by Gasteiger charge is -2.31. The van der Waals surface area contributed by atoms with Crippen molar-refractivity contribution in [2.45, 2.75) is 37.4 Å². The number of carbonyl (C=O) groups excluding carboxylic acids is 2. The number of para-hydroxylation sites is 2. The number of hydrogen-bond donors (Lipinski definition) is 0. The molecule has 3 fully saturated rings. The summed E-state index contributed by atoms with van der Waals surface area (Å²) in [5.41, 5.74) is 1.06. The molecule has 1 aromatic heterocycles. The van der Waals surface area contributed by atoms with Gasteiger partial charge in [-0.3, -0.25) is 9.59 Å². The van der Waals surface area contributed by atoms with E-state index in [0.29, 0.717) is 41.8 Å². The van der Waals surface area contributed by atoms with Gasteiger partial charge < -0.3 is 9.47 Å². The topological polar surface area (TPSA) is 105 Å². The monoisotopic (exact) mass is 504 g/mol. The lowest BCUT2D eigenvalue weighted by molar-refractivity contribution is -0.131. The van der Waals surface area contributed by atoms with Crippen LogP contribution in [-0.4, -0.2) is 39.6 Å². The van der Waals surface area contributed by atoms with Crippen molar-refractivity contribution in [2.75, 3.05) is 11.5 Å². The molecular formula is C30H24N4O4. The molecule has 0 aliphatic carbocycles. The Kier molecular flexibility index (Phi) is 4.85. The number of anilines is 1. The Balaban J connectivity index is 1.19. The number of nitrogens with zero attached hydrogens (tertiary/aromatic N) is 4.